The van der Waals surface area contributed by atoms with E-state index in [0.717, 1.165) is 32.2 Å². The van der Waals surface area contributed by atoms with Crippen LogP contribution < -0.4 is 9.62 Å². The van der Waals surface area contributed by atoms with Crippen molar-refractivity contribution in [3.05, 3.63) is 24.3 Å². The number of carbonyl (C=O) groups excluding carboxylic acids is 2. The van der Waals surface area contributed by atoms with Gasteiger partial charge in [-0.3, -0.25) is 13.9 Å². The molecule has 1 aromatic carbocycles. The van der Waals surface area contributed by atoms with Crippen molar-refractivity contribution in [2.24, 2.45) is 5.92 Å². The minimum Gasteiger partial charge on any atom is -0.342 e. The molecule has 8 heteroatoms. The Bertz CT molecular complexity index is 763. The molecule has 1 aliphatic rings. The number of rotatable bonds is 6. The monoisotopic (exact) mass is 381 g/mol. The molecule has 2 amide bonds. The van der Waals surface area contributed by atoms with Gasteiger partial charge in [0.1, 0.15) is 0 Å². The maximum absolute atomic E-state index is 12.5. The smallest absolute Gasteiger partial charge is 0.232 e. The lowest BCUT2D eigenvalue weighted by molar-refractivity contribution is -0.132. The molecule has 1 saturated heterocycles. The van der Waals surface area contributed by atoms with Crippen LogP contribution in [0.5, 0.6) is 0 Å². The normalized spacial score (nSPS) is 17.7. The first-order valence-corrected chi connectivity index (χ1v) is 10.6. The van der Waals surface area contributed by atoms with Crippen LogP contribution in [0.15, 0.2) is 24.3 Å². The molecular formula is C18H27N3O4S. The Kier molecular flexibility index (Phi) is 6.63. The third-order valence-electron chi connectivity index (χ3n) is 4.39. The summed E-state index contributed by atoms with van der Waals surface area (Å²) in [6.45, 7) is 5.05. The number of nitrogens with zero attached hydrogens (tertiary/aromatic N) is 2. The molecule has 0 spiro atoms. The number of sulfonamides is 1. The molecular weight excluding hydrogens is 354 g/mol. The van der Waals surface area contributed by atoms with Gasteiger partial charge in [0.15, 0.2) is 0 Å². The van der Waals surface area contributed by atoms with Crippen LogP contribution in [0.2, 0.25) is 0 Å². The van der Waals surface area contributed by atoms with Gasteiger partial charge >= 0.3 is 0 Å². The van der Waals surface area contributed by atoms with Crippen molar-refractivity contribution in [2.45, 2.75) is 33.1 Å². The van der Waals surface area contributed by atoms with Gasteiger partial charge < -0.3 is 10.2 Å². The average molecular weight is 381 g/mol. The van der Waals surface area contributed by atoms with E-state index in [1.165, 1.54) is 11.2 Å². The number of anilines is 2. The molecule has 1 aliphatic heterocycles. The van der Waals surface area contributed by atoms with Gasteiger partial charge in [-0.15, -0.1) is 0 Å². The van der Waals surface area contributed by atoms with Crippen molar-refractivity contribution in [1.82, 2.24) is 4.90 Å². The lowest BCUT2D eigenvalue weighted by Crippen LogP contribution is -2.41. The van der Waals surface area contributed by atoms with Crippen LogP contribution in [0.25, 0.3) is 0 Å². The highest BCUT2D eigenvalue weighted by Gasteiger charge is 2.24. The van der Waals surface area contributed by atoms with Crippen LogP contribution in [0.4, 0.5) is 11.4 Å². The van der Waals surface area contributed by atoms with Crippen molar-refractivity contribution in [3.8, 4) is 0 Å². The maximum atomic E-state index is 12.5. The number of benzene rings is 1. The van der Waals surface area contributed by atoms with E-state index in [1.54, 1.807) is 24.3 Å². The van der Waals surface area contributed by atoms with Crippen LogP contribution in [-0.2, 0) is 19.6 Å². The molecule has 0 aliphatic carbocycles. The van der Waals surface area contributed by atoms with E-state index in [-0.39, 0.29) is 24.8 Å². The summed E-state index contributed by atoms with van der Waals surface area (Å²) < 4.78 is 25.7. The predicted molar refractivity (Wildman–Crippen MR) is 103 cm³/mol. The fourth-order valence-corrected chi connectivity index (χ4v) is 4.12. The highest BCUT2D eigenvalue weighted by molar-refractivity contribution is 7.92. The van der Waals surface area contributed by atoms with E-state index in [9.17, 15) is 18.0 Å². The third-order valence-corrected chi connectivity index (χ3v) is 5.59. The Morgan fingerprint density at radius 2 is 2.08 bits per heavy atom. The molecule has 144 valence electrons. The molecule has 0 aromatic heterocycles. The van der Waals surface area contributed by atoms with E-state index in [1.807, 2.05) is 4.90 Å². The van der Waals surface area contributed by atoms with Crippen molar-refractivity contribution < 1.29 is 18.0 Å². The summed E-state index contributed by atoms with van der Waals surface area (Å²) in [6, 6.07) is 6.61. The van der Waals surface area contributed by atoms with Gasteiger partial charge in [-0.2, -0.15) is 0 Å². The van der Waals surface area contributed by atoms with E-state index < -0.39 is 10.0 Å². The zero-order valence-electron chi connectivity index (χ0n) is 15.6. The molecule has 0 bridgehead atoms. The average Bonchev–Trinajstić information content (AvgIpc) is 2.53. The van der Waals surface area contributed by atoms with Crippen molar-refractivity contribution in [3.63, 3.8) is 0 Å². The number of amides is 2. The number of hydrogen-bond donors (Lipinski definition) is 1. The number of hydrogen-bond acceptors (Lipinski definition) is 4. The van der Waals surface area contributed by atoms with Gasteiger partial charge in [0.2, 0.25) is 21.8 Å². The fraction of sp³-hybridized carbons (Fsp3) is 0.556. The second kappa shape index (κ2) is 8.53. The number of nitrogens with one attached hydrogen (secondary N) is 1. The summed E-state index contributed by atoms with van der Waals surface area (Å²) >= 11 is 0. The molecule has 1 fully saturated rings. The molecule has 2 rings (SSSR count). The van der Waals surface area contributed by atoms with Gasteiger partial charge in [-0.25, -0.2) is 8.42 Å². The van der Waals surface area contributed by atoms with Gasteiger partial charge in [-0.1, -0.05) is 13.0 Å². The zero-order valence-corrected chi connectivity index (χ0v) is 16.4. The van der Waals surface area contributed by atoms with E-state index in [0.29, 0.717) is 17.3 Å². The summed E-state index contributed by atoms with van der Waals surface area (Å²) in [4.78, 5) is 25.5. The molecule has 1 aromatic rings. The van der Waals surface area contributed by atoms with Gasteiger partial charge in [0.25, 0.3) is 0 Å². The van der Waals surface area contributed by atoms with E-state index in [4.69, 9.17) is 0 Å². The fourth-order valence-electron chi connectivity index (χ4n) is 3.20. The van der Waals surface area contributed by atoms with Crippen LogP contribution in [0, 0.1) is 5.92 Å². The van der Waals surface area contributed by atoms with E-state index in [2.05, 4.69) is 12.2 Å². The van der Waals surface area contributed by atoms with Gasteiger partial charge in [0, 0.05) is 38.7 Å². The standard InChI is InChI=1S/C18H27N3O4S/c1-14-6-5-10-20(13-14)18(23)9-11-21(26(3,24)25)17-8-4-7-16(12-17)19-15(2)22/h4,7-8,12,14H,5-6,9-11,13H2,1-3H3,(H,19,22). The summed E-state index contributed by atoms with van der Waals surface area (Å²) in [6.07, 6.45) is 3.35. The Labute approximate surface area is 155 Å². The lowest BCUT2D eigenvalue weighted by Gasteiger charge is -2.32. The zero-order chi connectivity index (χ0) is 19.3. The Balaban J connectivity index is 2.11. The largest absolute Gasteiger partial charge is 0.342 e. The minimum absolute atomic E-state index is 0.0248. The van der Waals surface area contributed by atoms with E-state index >= 15 is 0 Å². The molecule has 0 saturated carbocycles. The minimum atomic E-state index is -3.55. The van der Waals surface area contributed by atoms with Gasteiger partial charge in [0.05, 0.1) is 11.9 Å². The van der Waals surface area contributed by atoms with Crippen molar-refractivity contribution in [1.29, 1.82) is 0 Å². The SMILES string of the molecule is CC(=O)Nc1cccc(N(CCC(=O)N2CCCC(C)C2)S(C)(=O)=O)c1. The second-order valence-corrected chi connectivity index (χ2v) is 8.81. The van der Waals surface area contributed by atoms with Crippen molar-refractivity contribution in [2.75, 3.05) is 35.5 Å². The lowest BCUT2D eigenvalue weighted by atomic mass is 10.00. The molecule has 1 atom stereocenters. The first-order chi connectivity index (χ1) is 12.2. The van der Waals surface area contributed by atoms with Crippen LogP contribution in [0.1, 0.15) is 33.1 Å². The predicted octanol–water partition coefficient (Wildman–Crippen LogP) is 2.06. The number of likely N-dealkylation sites (tertiary alicyclic amines) is 1. The molecule has 1 heterocycles. The molecule has 7 nitrogen and oxygen atoms in total. The second-order valence-electron chi connectivity index (χ2n) is 6.90. The first-order valence-electron chi connectivity index (χ1n) is 8.80. The molecule has 1 unspecified atom stereocenters. The quantitative estimate of drug-likeness (QED) is 0.817. The van der Waals surface area contributed by atoms with Crippen molar-refractivity contribution >= 4 is 33.2 Å². The van der Waals surface area contributed by atoms with Crippen LogP contribution >= 0.6 is 0 Å². The molecule has 0 radical (unpaired) electrons. The summed E-state index contributed by atoms with van der Waals surface area (Å²) in [5.74, 6) is 0.221. The van der Waals surface area contributed by atoms with Gasteiger partial charge in [-0.05, 0) is 37.0 Å². The summed E-state index contributed by atoms with van der Waals surface area (Å²) in [7, 11) is -3.55. The molecule has 26 heavy (non-hydrogen) atoms. The highest BCUT2D eigenvalue weighted by atomic mass is 32.2. The Morgan fingerprint density at radius 1 is 1.35 bits per heavy atom. The van der Waals surface area contributed by atoms with Crippen LogP contribution in [0.3, 0.4) is 0 Å². The Hall–Kier alpha value is -2.09. The summed E-state index contributed by atoms with van der Waals surface area (Å²) in [5.41, 5.74) is 0.943. The highest BCUT2D eigenvalue weighted by Crippen LogP contribution is 2.23. The summed E-state index contributed by atoms with van der Waals surface area (Å²) in [5, 5.41) is 2.64. The maximum Gasteiger partial charge on any atom is 0.232 e. The Morgan fingerprint density at radius 3 is 2.69 bits per heavy atom. The third kappa shape index (κ3) is 5.72. The first kappa shape index (κ1) is 20.2. The topological polar surface area (TPSA) is 86.8 Å². The molecule has 1 N–H and O–H groups in total. The number of carbonyl (C=O) groups is 2. The number of piperidine rings is 1. The van der Waals surface area contributed by atoms with Crippen LogP contribution in [-0.4, -0.2) is 51.0 Å².